The highest BCUT2D eigenvalue weighted by molar-refractivity contribution is 7.99. The van der Waals surface area contributed by atoms with Crippen LogP contribution in [0.15, 0.2) is 9.79 Å². The lowest BCUT2D eigenvalue weighted by Gasteiger charge is -2.14. The van der Waals surface area contributed by atoms with E-state index < -0.39 is 4.92 Å². The fraction of sp³-hybridized carbons (Fsp3) is 0.333. The molecule has 1 aromatic carbocycles. The summed E-state index contributed by atoms with van der Waals surface area (Å²) in [5.41, 5.74) is 13.0. The molecule has 0 saturated carbocycles. The largest absolute Gasteiger partial charge is 0.397 e. The quantitative estimate of drug-likeness (QED) is 0.375. The maximum atomic E-state index is 11.0. The van der Waals surface area contributed by atoms with E-state index in [-0.39, 0.29) is 5.69 Å². The van der Waals surface area contributed by atoms with E-state index in [1.807, 2.05) is 6.26 Å². The van der Waals surface area contributed by atoms with Crippen LogP contribution in [-0.4, -0.2) is 17.4 Å². The summed E-state index contributed by atoms with van der Waals surface area (Å²) in [5, 5.41) is 11.0. The zero-order valence-electron chi connectivity index (χ0n) is 9.23. The van der Waals surface area contributed by atoms with Gasteiger partial charge in [0.05, 0.1) is 26.8 Å². The Hall–Kier alpha value is -1.08. The van der Waals surface area contributed by atoms with E-state index in [1.54, 1.807) is 13.2 Å². The summed E-state index contributed by atoms with van der Waals surface area (Å²) in [4.78, 5) is 11.7. The molecule has 0 unspecified atom stereocenters. The zero-order valence-corrected chi connectivity index (χ0v) is 10.9. The third kappa shape index (κ3) is 1.92. The van der Waals surface area contributed by atoms with E-state index in [1.165, 1.54) is 23.5 Å². The lowest BCUT2D eigenvalue weighted by atomic mass is 10.1. The van der Waals surface area contributed by atoms with Gasteiger partial charge < -0.3 is 11.5 Å². The second-order valence-corrected chi connectivity index (χ2v) is 4.76. The standard InChI is InChI=1S/C9H13N3O2S2/c1-4-5(10)8(15-2)6(11)9(16-3)7(4)12(13)14/h10-11H2,1-3H3. The summed E-state index contributed by atoms with van der Waals surface area (Å²) in [6.07, 6.45) is 3.61. The molecular weight excluding hydrogens is 246 g/mol. The topological polar surface area (TPSA) is 95.2 Å². The number of hydrogen-bond donors (Lipinski definition) is 2. The summed E-state index contributed by atoms with van der Waals surface area (Å²) in [6, 6.07) is 0. The van der Waals surface area contributed by atoms with E-state index in [2.05, 4.69) is 0 Å². The molecular formula is C9H13N3O2S2. The molecule has 1 rings (SSSR count). The summed E-state index contributed by atoms with van der Waals surface area (Å²) in [6.45, 7) is 1.65. The van der Waals surface area contributed by atoms with Crippen LogP contribution < -0.4 is 11.5 Å². The van der Waals surface area contributed by atoms with Gasteiger partial charge in [-0.05, 0) is 19.4 Å². The Morgan fingerprint density at radius 3 is 2.00 bits per heavy atom. The van der Waals surface area contributed by atoms with Crippen molar-refractivity contribution in [3.05, 3.63) is 15.7 Å². The highest BCUT2D eigenvalue weighted by atomic mass is 32.2. The first-order valence-electron chi connectivity index (χ1n) is 4.39. The predicted octanol–water partition coefficient (Wildman–Crippen LogP) is 2.51. The van der Waals surface area contributed by atoms with E-state index in [0.29, 0.717) is 26.7 Å². The molecule has 0 spiro atoms. The number of hydrogen-bond acceptors (Lipinski definition) is 6. The van der Waals surface area contributed by atoms with Crippen LogP contribution in [0.1, 0.15) is 5.56 Å². The maximum absolute atomic E-state index is 11.0. The molecule has 0 fully saturated rings. The van der Waals surface area contributed by atoms with Gasteiger partial charge in [-0.15, -0.1) is 23.5 Å². The van der Waals surface area contributed by atoms with E-state index >= 15 is 0 Å². The zero-order chi connectivity index (χ0) is 12.5. The molecule has 0 aliphatic carbocycles. The van der Waals surface area contributed by atoms with Crippen molar-refractivity contribution in [2.75, 3.05) is 24.0 Å². The Labute approximate surface area is 102 Å². The summed E-state index contributed by atoms with van der Waals surface area (Å²) in [7, 11) is 0. The molecule has 0 aliphatic heterocycles. The van der Waals surface area contributed by atoms with Crippen LogP contribution >= 0.6 is 23.5 Å². The highest BCUT2D eigenvalue weighted by Gasteiger charge is 2.25. The van der Waals surface area contributed by atoms with Gasteiger partial charge in [-0.3, -0.25) is 10.1 Å². The Kier molecular flexibility index (Phi) is 3.93. The number of nitro benzene ring substituents is 1. The van der Waals surface area contributed by atoms with Crippen LogP contribution in [0.25, 0.3) is 0 Å². The van der Waals surface area contributed by atoms with Crippen LogP contribution in [0.4, 0.5) is 17.1 Å². The fourth-order valence-corrected chi connectivity index (χ4v) is 2.99. The van der Waals surface area contributed by atoms with Crippen molar-refractivity contribution in [1.29, 1.82) is 0 Å². The summed E-state index contributed by atoms with van der Waals surface area (Å²) in [5.74, 6) is 0. The van der Waals surface area contributed by atoms with Gasteiger partial charge in [0.1, 0.15) is 4.90 Å². The Bertz CT molecular complexity index is 449. The molecule has 0 radical (unpaired) electrons. The highest BCUT2D eigenvalue weighted by Crippen LogP contribution is 2.45. The normalized spacial score (nSPS) is 10.4. The van der Waals surface area contributed by atoms with Crippen molar-refractivity contribution in [3.8, 4) is 0 Å². The van der Waals surface area contributed by atoms with Crippen molar-refractivity contribution in [1.82, 2.24) is 0 Å². The minimum Gasteiger partial charge on any atom is -0.397 e. The molecule has 0 atom stereocenters. The van der Waals surface area contributed by atoms with Crippen molar-refractivity contribution in [3.63, 3.8) is 0 Å². The molecule has 1 aromatic rings. The number of nitrogens with zero attached hydrogens (tertiary/aromatic N) is 1. The Morgan fingerprint density at radius 1 is 1.12 bits per heavy atom. The van der Waals surface area contributed by atoms with Crippen molar-refractivity contribution >= 4 is 40.6 Å². The number of nitrogens with two attached hydrogens (primary N) is 2. The number of rotatable bonds is 3. The summed E-state index contributed by atoms with van der Waals surface area (Å²) < 4.78 is 0. The third-order valence-corrected chi connectivity index (χ3v) is 3.97. The van der Waals surface area contributed by atoms with Crippen molar-refractivity contribution < 1.29 is 4.92 Å². The molecule has 7 heteroatoms. The third-order valence-electron chi connectivity index (χ3n) is 2.30. The van der Waals surface area contributed by atoms with Gasteiger partial charge in [0.25, 0.3) is 5.69 Å². The van der Waals surface area contributed by atoms with Gasteiger partial charge in [-0.2, -0.15) is 0 Å². The van der Waals surface area contributed by atoms with Crippen molar-refractivity contribution in [2.45, 2.75) is 16.7 Å². The van der Waals surface area contributed by atoms with Gasteiger partial charge in [0.15, 0.2) is 0 Å². The Balaban J connectivity index is 3.70. The molecule has 0 aromatic heterocycles. The SMILES string of the molecule is CSc1c(N)c(C)c([N+](=O)[O-])c(SC)c1N. The van der Waals surface area contributed by atoms with Gasteiger partial charge in [-0.1, -0.05) is 0 Å². The Morgan fingerprint density at radius 2 is 1.62 bits per heavy atom. The van der Waals surface area contributed by atoms with Crippen LogP contribution in [0.5, 0.6) is 0 Å². The minimum atomic E-state index is -0.433. The summed E-state index contributed by atoms with van der Waals surface area (Å²) >= 11 is 2.67. The van der Waals surface area contributed by atoms with E-state index in [4.69, 9.17) is 11.5 Å². The smallest absolute Gasteiger partial charge is 0.289 e. The minimum absolute atomic E-state index is 0.0142. The molecule has 5 nitrogen and oxygen atoms in total. The number of anilines is 2. The molecule has 0 aliphatic rings. The van der Waals surface area contributed by atoms with Crippen LogP contribution in [0, 0.1) is 17.0 Å². The molecule has 0 heterocycles. The molecule has 16 heavy (non-hydrogen) atoms. The average molecular weight is 259 g/mol. The maximum Gasteiger partial charge on any atom is 0.289 e. The first-order valence-corrected chi connectivity index (χ1v) is 6.84. The second-order valence-electron chi connectivity index (χ2n) is 3.12. The number of thioether (sulfide) groups is 2. The van der Waals surface area contributed by atoms with Gasteiger partial charge in [0.2, 0.25) is 0 Å². The van der Waals surface area contributed by atoms with Gasteiger partial charge in [0, 0.05) is 0 Å². The predicted molar refractivity (Wildman–Crippen MR) is 70.2 cm³/mol. The fourth-order valence-electron chi connectivity index (χ4n) is 1.49. The second kappa shape index (κ2) is 4.84. The van der Waals surface area contributed by atoms with Crippen LogP contribution in [-0.2, 0) is 0 Å². The van der Waals surface area contributed by atoms with E-state index in [9.17, 15) is 10.1 Å². The van der Waals surface area contributed by atoms with Gasteiger partial charge >= 0.3 is 0 Å². The molecule has 0 amide bonds. The number of nitrogen functional groups attached to an aromatic ring is 2. The molecule has 0 bridgehead atoms. The van der Waals surface area contributed by atoms with Gasteiger partial charge in [-0.25, -0.2) is 0 Å². The number of nitro groups is 1. The average Bonchev–Trinajstić information content (AvgIpc) is 2.23. The lowest BCUT2D eigenvalue weighted by Crippen LogP contribution is -2.05. The monoisotopic (exact) mass is 259 g/mol. The molecule has 4 N–H and O–H groups in total. The lowest BCUT2D eigenvalue weighted by molar-refractivity contribution is -0.388. The van der Waals surface area contributed by atoms with Crippen LogP contribution in [0.2, 0.25) is 0 Å². The van der Waals surface area contributed by atoms with Crippen LogP contribution in [0.3, 0.4) is 0 Å². The molecule has 88 valence electrons. The van der Waals surface area contributed by atoms with E-state index in [0.717, 1.165) is 0 Å². The number of benzene rings is 1. The van der Waals surface area contributed by atoms with Crippen molar-refractivity contribution in [2.24, 2.45) is 0 Å². The first-order chi connectivity index (χ1) is 7.45. The first kappa shape index (κ1) is 13.0. The molecule has 0 saturated heterocycles.